The third-order valence-corrected chi connectivity index (χ3v) is 2.58. The molecule has 0 amide bonds. The Bertz CT molecular complexity index is 299. The molecule has 2 heteroatoms. The molecule has 1 N–H and O–H groups in total. The average molecular weight is 177 g/mol. The van der Waals surface area contributed by atoms with Crippen LogP contribution in [0.15, 0.2) is 35.1 Å². The summed E-state index contributed by atoms with van der Waals surface area (Å²) in [5.41, 5.74) is 2.66. The van der Waals surface area contributed by atoms with Crippen molar-refractivity contribution in [3.05, 3.63) is 35.1 Å². The van der Waals surface area contributed by atoms with Crippen LogP contribution in [0.1, 0.15) is 13.3 Å². The van der Waals surface area contributed by atoms with Gasteiger partial charge in [-0.1, -0.05) is 18.2 Å². The van der Waals surface area contributed by atoms with Crippen molar-refractivity contribution in [1.82, 2.24) is 5.32 Å². The Morgan fingerprint density at radius 2 is 2.46 bits per heavy atom. The fourth-order valence-corrected chi connectivity index (χ4v) is 1.84. The van der Waals surface area contributed by atoms with Gasteiger partial charge in [-0.2, -0.15) is 0 Å². The summed E-state index contributed by atoms with van der Waals surface area (Å²) in [7, 11) is 1.94. The number of hydrogen-bond donors (Lipinski definition) is 1. The Labute approximate surface area is 79.0 Å². The number of nitrogens with one attached hydrogen (secondary N) is 1. The van der Waals surface area contributed by atoms with Gasteiger partial charge in [0.05, 0.1) is 6.54 Å². The smallest absolute Gasteiger partial charge is 0.127 e. The van der Waals surface area contributed by atoms with E-state index < -0.39 is 0 Å². The van der Waals surface area contributed by atoms with Gasteiger partial charge in [-0.05, 0) is 25.1 Å². The van der Waals surface area contributed by atoms with Gasteiger partial charge >= 0.3 is 0 Å². The van der Waals surface area contributed by atoms with E-state index in [1.807, 2.05) is 7.05 Å². The fourth-order valence-electron chi connectivity index (χ4n) is 1.84. The highest BCUT2D eigenvalue weighted by molar-refractivity contribution is 5.44. The van der Waals surface area contributed by atoms with Crippen molar-refractivity contribution in [3.8, 4) is 0 Å². The first kappa shape index (κ1) is 8.57. The molecule has 2 aliphatic rings. The number of rotatable bonds is 2. The van der Waals surface area contributed by atoms with Crippen LogP contribution in [-0.4, -0.2) is 19.7 Å². The lowest BCUT2D eigenvalue weighted by Gasteiger charge is -2.14. The lowest BCUT2D eigenvalue weighted by molar-refractivity contribution is 0.163. The van der Waals surface area contributed by atoms with Gasteiger partial charge < -0.3 is 10.1 Å². The molecule has 13 heavy (non-hydrogen) atoms. The lowest BCUT2D eigenvalue weighted by Crippen LogP contribution is -2.14. The zero-order valence-electron chi connectivity index (χ0n) is 8.13. The van der Waals surface area contributed by atoms with E-state index in [2.05, 4.69) is 30.5 Å². The van der Waals surface area contributed by atoms with Crippen molar-refractivity contribution >= 4 is 0 Å². The molecule has 1 heterocycles. The molecule has 0 aromatic heterocycles. The van der Waals surface area contributed by atoms with Crippen LogP contribution in [0.2, 0.25) is 0 Å². The molecule has 0 aromatic rings. The monoisotopic (exact) mass is 177 g/mol. The van der Waals surface area contributed by atoms with Gasteiger partial charge in [-0.3, -0.25) is 0 Å². The van der Waals surface area contributed by atoms with Crippen molar-refractivity contribution < 1.29 is 4.74 Å². The predicted octanol–water partition coefficient (Wildman–Crippen LogP) is 1.76. The van der Waals surface area contributed by atoms with Crippen LogP contribution < -0.4 is 5.32 Å². The van der Waals surface area contributed by atoms with Crippen LogP contribution in [0.25, 0.3) is 0 Å². The van der Waals surface area contributed by atoms with Crippen LogP contribution in [0, 0.1) is 0 Å². The quantitative estimate of drug-likeness (QED) is 0.694. The third kappa shape index (κ3) is 1.42. The van der Waals surface area contributed by atoms with E-state index in [-0.39, 0.29) is 6.10 Å². The topological polar surface area (TPSA) is 21.3 Å². The summed E-state index contributed by atoms with van der Waals surface area (Å²) in [6, 6.07) is 0. The SMILES string of the molecule is CNCC1=C(C)C2=CC=CCC2O1. The van der Waals surface area contributed by atoms with E-state index >= 15 is 0 Å². The zero-order chi connectivity index (χ0) is 9.26. The van der Waals surface area contributed by atoms with E-state index in [1.165, 1.54) is 11.1 Å². The summed E-state index contributed by atoms with van der Waals surface area (Å²) in [4.78, 5) is 0. The first-order chi connectivity index (χ1) is 6.33. The molecule has 1 atom stereocenters. The highest BCUT2D eigenvalue weighted by atomic mass is 16.5. The highest BCUT2D eigenvalue weighted by Gasteiger charge is 2.27. The third-order valence-electron chi connectivity index (χ3n) is 2.58. The maximum atomic E-state index is 5.82. The van der Waals surface area contributed by atoms with Crippen molar-refractivity contribution in [3.63, 3.8) is 0 Å². The molecule has 0 saturated heterocycles. The van der Waals surface area contributed by atoms with E-state index in [4.69, 9.17) is 4.74 Å². The molecule has 0 spiro atoms. The van der Waals surface area contributed by atoms with Crippen molar-refractivity contribution in [2.24, 2.45) is 0 Å². The minimum Gasteiger partial charge on any atom is -0.488 e. The van der Waals surface area contributed by atoms with E-state index in [0.29, 0.717) is 0 Å². The van der Waals surface area contributed by atoms with Gasteiger partial charge in [0.2, 0.25) is 0 Å². The molecular formula is C11H15NO. The van der Waals surface area contributed by atoms with Crippen LogP contribution in [0.5, 0.6) is 0 Å². The summed E-state index contributed by atoms with van der Waals surface area (Å²) >= 11 is 0. The number of likely N-dealkylation sites (N-methyl/N-ethyl adjacent to an activating group) is 1. The molecule has 1 aliphatic carbocycles. The summed E-state index contributed by atoms with van der Waals surface area (Å²) in [6.07, 6.45) is 7.72. The molecule has 0 aromatic carbocycles. The molecule has 2 nitrogen and oxygen atoms in total. The Kier molecular flexibility index (Phi) is 2.23. The Balaban J connectivity index is 2.23. The van der Waals surface area contributed by atoms with Gasteiger partial charge in [0.1, 0.15) is 11.9 Å². The average Bonchev–Trinajstić information content (AvgIpc) is 2.46. The van der Waals surface area contributed by atoms with Crippen molar-refractivity contribution in [2.75, 3.05) is 13.6 Å². The number of ether oxygens (including phenoxy) is 1. The molecule has 0 fully saturated rings. The summed E-state index contributed by atoms with van der Waals surface area (Å²) in [5.74, 6) is 1.10. The first-order valence-corrected chi connectivity index (χ1v) is 4.71. The Morgan fingerprint density at radius 1 is 1.62 bits per heavy atom. The molecular weight excluding hydrogens is 162 g/mol. The number of allylic oxidation sites excluding steroid dienone is 2. The van der Waals surface area contributed by atoms with Gasteiger partial charge in [0.15, 0.2) is 0 Å². The maximum absolute atomic E-state index is 5.82. The van der Waals surface area contributed by atoms with Gasteiger partial charge in [0, 0.05) is 6.42 Å². The number of hydrogen-bond acceptors (Lipinski definition) is 2. The number of fused-ring (bicyclic) bond motifs is 1. The van der Waals surface area contributed by atoms with Crippen molar-refractivity contribution in [1.29, 1.82) is 0 Å². The van der Waals surface area contributed by atoms with Crippen LogP contribution >= 0.6 is 0 Å². The van der Waals surface area contributed by atoms with E-state index in [0.717, 1.165) is 18.7 Å². The van der Waals surface area contributed by atoms with Crippen LogP contribution in [0.4, 0.5) is 0 Å². The standard InChI is InChI=1S/C11H15NO/c1-8-9-5-3-4-6-10(9)13-11(8)7-12-2/h3-5,10,12H,6-7H2,1-2H3. The molecule has 1 aliphatic heterocycles. The van der Waals surface area contributed by atoms with Gasteiger partial charge in [0.25, 0.3) is 0 Å². The van der Waals surface area contributed by atoms with Crippen LogP contribution in [-0.2, 0) is 4.74 Å². The van der Waals surface area contributed by atoms with Gasteiger partial charge in [-0.15, -0.1) is 0 Å². The lowest BCUT2D eigenvalue weighted by atomic mass is 9.97. The fraction of sp³-hybridized carbons (Fsp3) is 0.455. The minimum absolute atomic E-state index is 0.286. The Morgan fingerprint density at radius 3 is 3.15 bits per heavy atom. The van der Waals surface area contributed by atoms with Crippen molar-refractivity contribution in [2.45, 2.75) is 19.4 Å². The second kappa shape index (κ2) is 3.38. The van der Waals surface area contributed by atoms with E-state index in [1.54, 1.807) is 0 Å². The molecule has 2 rings (SSSR count). The largest absolute Gasteiger partial charge is 0.488 e. The van der Waals surface area contributed by atoms with Crippen LogP contribution in [0.3, 0.4) is 0 Å². The summed E-state index contributed by atoms with van der Waals surface area (Å²) in [5, 5.41) is 3.12. The predicted molar refractivity (Wildman–Crippen MR) is 53.3 cm³/mol. The first-order valence-electron chi connectivity index (χ1n) is 4.71. The second-order valence-corrected chi connectivity index (χ2v) is 3.47. The Hall–Kier alpha value is -1.02. The maximum Gasteiger partial charge on any atom is 0.127 e. The normalized spacial score (nSPS) is 25.7. The molecule has 1 unspecified atom stereocenters. The molecule has 0 bridgehead atoms. The van der Waals surface area contributed by atoms with E-state index in [9.17, 15) is 0 Å². The summed E-state index contributed by atoms with van der Waals surface area (Å²) in [6.45, 7) is 2.97. The van der Waals surface area contributed by atoms with Gasteiger partial charge in [-0.25, -0.2) is 0 Å². The second-order valence-electron chi connectivity index (χ2n) is 3.47. The summed E-state index contributed by atoms with van der Waals surface area (Å²) < 4.78 is 5.82. The molecule has 0 radical (unpaired) electrons. The molecule has 0 saturated carbocycles. The zero-order valence-corrected chi connectivity index (χ0v) is 8.13. The minimum atomic E-state index is 0.286. The molecule has 70 valence electrons. The highest BCUT2D eigenvalue weighted by Crippen LogP contribution is 2.33.